The molecule has 53 heavy (non-hydrogen) atoms. The fourth-order valence-corrected chi connectivity index (χ4v) is 8.13. The Hall–Kier alpha value is -3.78. The van der Waals surface area contributed by atoms with Gasteiger partial charge in [-0.3, -0.25) is 4.99 Å². The van der Waals surface area contributed by atoms with Crippen molar-refractivity contribution < 1.29 is 19.3 Å². The summed E-state index contributed by atoms with van der Waals surface area (Å²) < 4.78 is 22.2. The number of hydrogen-bond donors (Lipinski definition) is 2. The van der Waals surface area contributed by atoms with E-state index < -0.39 is 6.10 Å². The molecule has 0 saturated carbocycles. The second-order valence-corrected chi connectivity index (χ2v) is 15.7. The maximum Gasteiger partial charge on any atom is 0.318 e. The summed E-state index contributed by atoms with van der Waals surface area (Å²) in [5.74, 6) is 0.585. The summed E-state index contributed by atoms with van der Waals surface area (Å²) in [5.41, 5.74) is 6.29. The van der Waals surface area contributed by atoms with Crippen molar-refractivity contribution >= 4 is 39.0 Å². The van der Waals surface area contributed by atoms with Gasteiger partial charge in [0.25, 0.3) is 0 Å². The number of phenolic OH excluding ortho intramolecular Hbond substituents is 1. The predicted molar refractivity (Wildman–Crippen MR) is 220 cm³/mol. The number of anilines is 1. The largest absolute Gasteiger partial charge is 0.508 e. The number of aryl methyl sites for hydroxylation is 1. The summed E-state index contributed by atoms with van der Waals surface area (Å²) in [6, 6.07) is 7.01. The molecule has 288 valence electrons. The molecule has 1 aromatic heterocycles. The van der Waals surface area contributed by atoms with Crippen LogP contribution in [0, 0.1) is 11.2 Å². The first kappa shape index (κ1) is 40.4. The van der Waals surface area contributed by atoms with Gasteiger partial charge in [0.2, 0.25) is 0 Å². The molecule has 0 amide bonds. The standard InChI is InChI=1S/C45H63FN4O3/c1-9-14-16-17-23-45(8,22-15-10-2)28-53-44-48-41-30(7)38(36-26-33(52)25-31-20-21-37(46)34(12-4)39(31)36)42(47-29(6)11-3)35(13-5)40(41)43(49-44)50-24-18-19-32(51)27-50/h13,20-21,25-26,29,32,51-52H,9-12,14-19,22-24,27-28H2,1-8H3/b35-13-,47-42?. The van der Waals surface area contributed by atoms with Crippen LogP contribution in [0.1, 0.15) is 148 Å². The third-order valence-corrected chi connectivity index (χ3v) is 11.4. The molecular weight excluding hydrogens is 664 g/mol. The van der Waals surface area contributed by atoms with Crippen LogP contribution in [0.25, 0.3) is 27.5 Å². The van der Waals surface area contributed by atoms with E-state index in [1.54, 1.807) is 18.2 Å². The molecule has 1 aliphatic heterocycles. The predicted octanol–water partition coefficient (Wildman–Crippen LogP) is 11.1. The van der Waals surface area contributed by atoms with Crippen molar-refractivity contribution in [3.63, 3.8) is 0 Å². The van der Waals surface area contributed by atoms with Crippen LogP contribution in [0.15, 0.2) is 35.3 Å². The molecule has 1 fully saturated rings. The molecular formula is C45H63FN4O3. The van der Waals surface area contributed by atoms with Gasteiger partial charge in [-0.2, -0.15) is 9.97 Å². The minimum Gasteiger partial charge on any atom is -0.508 e. The molecule has 1 saturated heterocycles. The Morgan fingerprint density at radius 2 is 1.83 bits per heavy atom. The molecule has 3 aromatic rings. The van der Waals surface area contributed by atoms with Gasteiger partial charge in [0, 0.05) is 35.7 Å². The van der Waals surface area contributed by atoms with E-state index in [9.17, 15) is 10.2 Å². The number of nitrogens with zero attached hydrogens (tertiary/aromatic N) is 4. The Labute approximate surface area is 317 Å². The van der Waals surface area contributed by atoms with Crippen molar-refractivity contribution in [1.82, 2.24) is 9.97 Å². The van der Waals surface area contributed by atoms with Gasteiger partial charge >= 0.3 is 6.01 Å². The second-order valence-electron chi connectivity index (χ2n) is 15.7. The number of rotatable bonds is 16. The number of aliphatic hydroxyl groups is 1. The number of aromatic nitrogens is 2. The number of phenols is 1. The van der Waals surface area contributed by atoms with E-state index in [1.807, 2.05) is 13.8 Å². The van der Waals surface area contributed by atoms with E-state index in [4.69, 9.17) is 19.7 Å². The number of aliphatic hydroxyl groups excluding tert-OH is 1. The SMILES string of the molecule is C/C=C1\C(=NC(C)CC)C(c2cc(O)cc3ccc(F)c(CC)c23)=C(C)c2nc(OCC(C)(CCCC)CCCCCC)nc(N3CCCC(O)C3)c21. The zero-order valence-electron chi connectivity index (χ0n) is 33.6. The monoisotopic (exact) mass is 726 g/mol. The summed E-state index contributed by atoms with van der Waals surface area (Å²) in [6.45, 7) is 18.8. The highest BCUT2D eigenvalue weighted by molar-refractivity contribution is 6.51. The molecule has 2 aromatic carbocycles. The first-order valence-electron chi connectivity index (χ1n) is 20.4. The van der Waals surface area contributed by atoms with Gasteiger partial charge in [-0.15, -0.1) is 0 Å². The average Bonchev–Trinajstić information content (AvgIpc) is 3.15. The van der Waals surface area contributed by atoms with Crippen LogP contribution < -0.4 is 9.64 Å². The number of aliphatic imine (C=N–C) groups is 1. The van der Waals surface area contributed by atoms with Crippen molar-refractivity contribution in [3.8, 4) is 11.8 Å². The van der Waals surface area contributed by atoms with E-state index >= 15 is 4.39 Å². The van der Waals surface area contributed by atoms with Crippen molar-refractivity contribution in [2.75, 3.05) is 24.6 Å². The molecule has 3 unspecified atom stereocenters. The lowest BCUT2D eigenvalue weighted by atomic mass is 9.78. The Balaban J connectivity index is 1.77. The minimum atomic E-state index is -0.460. The molecule has 0 spiro atoms. The summed E-state index contributed by atoms with van der Waals surface area (Å²) in [4.78, 5) is 17.9. The van der Waals surface area contributed by atoms with Crippen molar-refractivity contribution in [1.29, 1.82) is 0 Å². The fraction of sp³-hybridized carbons (Fsp3) is 0.578. The number of β-amino-alcohol motifs (C(OH)–C–C–N with tert-alkyl or cyclic N) is 1. The molecule has 2 heterocycles. The molecule has 5 rings (SSSR count). The van der Waals surface area contributed by atoms with E-state index in [1.165, 1.54) is 31.7 Å². The van der Waals surface area contributed by atoms with Crippen LogP contribution >= 0.6 is 0 Å². The van der Waals surface area contributed by atoms with Gasteiger partial charge in [0.15, 0.2) is 0 Å². The molecule has 1 aliphatic carbocycles. The van der Waals surface area contributed by atoms with Crippen LogP contribution in [-0.4, -0.2) is 57.7 Å². The number of piperidine rings is 1. The Bertz CT molecular complexity index is 1850. The molecule has 0 radical (unpaired) electrons. The Morgan fingerprint density at radius 1 is 1.08 bits per heavy atom. The highest BCUT2D eigenvalue weighted by Gasteiger charge is 2.36. The number of halogens is 1. The summed E-state index contributed by atoms with van der Waals surface area (Å²) in [5, 5.41) is 23.6. The number of fused-ring (bicyclic) bond motifs is 2. The van der Waals surface area contributed by atoms with Gasteiger partial charge in [0.1, 0.15) is 17.4 Å². The molecule has 7 nitrogen and oxygen atoms in total. The van der Waals surface area contributed by atoms with E-state index in [2.05, 4.69) is 52.5 Å². The van der Waals surface area contributed by atoms with Crippen molar-refractivity contribution in [2.45, 2.75) is 145 Å². The number of benzene rings is 2. The molecule has 2 N–H and O–H groups in total. The van der Waals surface area contributed by atoms with Gasteiger partial charge in [-0.05, 0) is 105 Å². The number of aromatic hydroxyl groups is 1. The lowest BCUT2D eigenvalue weighted by Crippen LogP contribution is -2.40. The zero-order valence-corrected chi connectivity index (χ0v) is 33.6. The first-order valence-corrected chi connectivity index (χ1v) is 20.4. The van der Waals surface area contributed by atoms with E-state index in [-0.39, 0.29) is 23.0 Å². The third-order valence-electron chi connectivity index (χ3n) is 11.4. The lowest BCUT2D eigenvalue weighted by Gasteiger charge is -2.36. The molecule has 3 atom stereocenters. The number of allylic oxidation sites excluding steroid dienone is 4. The van der Waals surface area contributed by atoms with Crippen LogP contribution in [0.5, 0.6) is 11.8 Å². The van der Waals surface area contributed by atoms with Gasteiger partial charge in [-0.1, -0.05) is 85.3 Å². The normalized spacial score (nSPS) is 19.6. The van der Waals surface area contributed by atoms with Crippen LogP contribution in [-0.2, 0) is 6.42 Å². The van der Waals surface area contributed by atoms with Crippen LogP contribution in [0.3, 0.4) is 0 Å². The molecule has 2 aliphatic rings. The maximum absolute atomic E-state index is 15.5. The minimum absolute atomic E-state index is 0.00263. The second kappa shape index (κ2) is 18.0. The molecule has 8 heteroatoms. The Morgan fingerprint density at radius 3 is 2.51 bits per heavy atom. The average molecular weight is 727 g/mol. The first-order chi connectivity index (χ1) is 25.5. The smallest absolute Gasteiger partial charge is 0.318 e. The van der Waals surface area contributed by atoms with E-state index in [0.717, 1.165) is 107 Å². The highest BCUT2D eigenvalue weighted by Crippen LogP contribution is 2.47. The van der Waals surface area contributed by atoms with Gasteiger partial charge in [0.05, 0.1) is 29.7 Å². The molecule has 0 bridgehead atoms. The highest BCUT2D eigenvalue weighted by atomic mass is 19.1. The quantitative estimate of drug-likeness (QED) is 0.143. The number of ether oxygens (including phenoxy) is 1. The Kier molecular flexibility index (Phi) is 13.7. The van der Waals surface area contributed by atoms with Gasteiger partial charge in [-0.25, -0.2) is 4.39 Å². The maximum atomic E-state index is 15.5. The van der Waals surface area contributed by atoms with Crippen molar-refractivity contribution in [2.24, 2.45) is 10.4 Å². The van der Waals surface area contributed by atoms with Crippen LogP contribution in [0.4, 0.5) is 10.2 Å². The van der Waals surface area contributed by atoms with E-state index in [0.29, 0.717) is 31.1 Å². The third kappa shape index (κ3) is 8.96. The number of hydrogen-bond acceptors (Lipinski definition) is 7. The fourth-order valence-electron chi connectivity index (χ4n) is 8.13. The summed E-state index contributed by atoms with van der Waals surface area (Å²) >= 11 is 0. The van der Waals surface area contributed by atoms with Gasteiger partial charge < -0.3 is 19.8 Å². The van der Waals surface area contributed by atoms with Crippen molar-refractivity contribution in [3.05, 3.63) is 58.5 Å². The summed E-state index contributed by atoms with van der Waals surface area (Å²) in [7, 11) is 0. The zero-order chi connectivity index (χ0) is 38.3. The lowest BCUT2D eigenvalue weighted by molar-refractivity contribution is 0.125. The number of unbranched alkanes of at least 4 members (excludes halogenated alkanes) is 4. The van der Waals surface area contributed by atoms with Crippen LogP contribution in [0.2, 0.25) is 0 Å². The topological polar surface area (TPSA) is 91.1 Å². The summed E-state index contributed by atoms with van der Waals surface area (Å²) in [6.07, 6.45) is 13.8.